The topological polar surface area (TPSA) is 58.2 Å². The summed E-state index contributed by atoms with van der Waals surface area (Å²) in [5, 5.41) is 2.20. The molecule has 1 aliphatic heterocycles. The average Bonchev–Trinajstić information content (AvgIpc) is 2.61. The predicted molar refractivity (Wildman–Crippen MR) is 73.8 cm³/mol. The van der Waals surface area contributed by atoms with Gasteiger partial charge in [0, 0.05) is 11.3 Å². The summed E-state index contributed by atoms with van der Waals surface area (Å²) >= 11 is 0. The van der Waals surface area contributed by atoms with E-state index in [1.54, 1.807) is 0 Å². The number of carbonyl (C=O) groups is 1. The van der Waals surface area contributed by atoms with Gasteiger partial charge >= 0.3 is 6.18 Å². The molecule has 1 amide bonds. The van der Waals surface area contributed by atoms with Crippen molar-refractivity contribution in [2.24, 2.45) is 0 Å². The number of fused-ring (bicyclic) bond motifs is 1. The van der Waals surface area contributed by atoms with Crippen molar-refractivity contribution in [2.75, 3.05) is 5.32 Å². The smallest absolute Gasteiger partial charge is 0.323 e. The fourth-order valence-corrected chi connectivity index (χ4v) is 2.89. The lowest BCUT2D eigenvalue weighted by atomic mass is 9.92. The second-order valence-corrected chi connectivity index (χ2v) is 7.70. The van der Waals surface area contributed by atoms with Crippen molar-refractivity contribution in [3.8, 4) is 0 Å². The number of para-hydroxylation sites is 1. The van der Waals surface area contributed by atoms with E-state index in [1.807, 2.05) is 4.72 Å². The lowest BCUT2D eigenvalue weighted by Gasteiger charge is -2.33. The van der Waals surface area contributed by atoms with Crippen LogP contribution in [0.1, 0.15) is 26.3 Å². The third-order valence-corrected chi connectivity index (χ3v) is 4.75. The maximum Gasteiger partial charge on any atom is 0.420 e. The summed E-state index contributed by atoms with van der Waals surface area (Å²) in [5.74, 6) is -1.27. The number of anilines is 1. The highest BCUT2D eigenvalue weighted by Crippen LogP contribution is 2.47. The Morgan fingerprint density at radius 1 is 1.19 bits per heavy atom. The fourth-order valence-electron chi connectivity index (χ4n) is 1.99. The van der Waals surface area contributed by atoms with Crippen molar-refractivity contribution in [3.63, 3.8) is 0 Å². The Bertz CT molecular complexity index is 610. The summed E-state index contributed by atoms with van der Waals surface area (Å²) < 4.78 is 54.1. The van der Waals surface area contributed by atoms with Crippen LogP contribution in [0.5, 0.6) is 0 Å². The molecule has 0 aliphatic carbocycles. The van der Waals surface area contributed by atoms with Crippen LogP contribution in [0.4, 0.5) is 18.9 Å². The highest BCUT2D eigenvalue weighted by molar-refractivity contribution is 7.84. The lowest BCUT2D eigenvalue weighted by Crippen LogP contribution is -2.60. The van der Waals surface area contributed by atoms with Crippen LogP contribution in [0.2, 0.25) is 0 Å². The zero-order chi connectivity index (χ0) is 16.1. The molecule has 116 valence electrons. The van der Waals surface area contributed by atoms with Crippen LogP contribution in [-0.2, 0) is 21.3 Å². The zero-order valence-electron chi connectivity index (χ0n) is 11.7. The van der Waals surface area contributed by atoms with Gasteiger partial charge in [0.25, 0.3) is 5.91 Å². The Morgan fingerprint density at radius 2 is 1.76 bits per heavy atom. The molecule has 0 radical (unpaired) electrons. The van der Waals surface area contributed by atoms with Gasteiger partial charge in [-0.3, -0.25) is 4.79 Å². The summed E-state index contributed by atoms with van der Waals surface area (Å²) in [6.45, 7) is 4.58. The van der Waals surface area contributed by atoms with E-state index in [4.69, 9.17) is 0 Å². The lowest BCUT2D eigenvalue weighted by molar-refractivity contribution is -0.193. The zero-order valence-corrected chi connectivity index (χ0v) is 12.5. The van der Waals surface area contributed by atoms with E-state index in [1.165, 1.54) is 45.0 Å². The van der Waals surface area contributed by atoms with Gasteiger partial charge in [-0.05, 0) is 26.8 Å². The van der Waals surface area contributed by atoms with Crippen LogP contribution < -0.4 is 10.0 Å². The molecular weight excluding hydrogens is 305 g/mol. The molecule has 1 heterocycles. The molecule has 0 spiro atoms. The molecular formula is C13H15F3N2O2S. The molecule has 0 fully saturated rings. The maximum atomic E-state index is 13.6. The van der Waals surface area contributed by atoms with Gasteiger partial charge in [-0.1, -0.05) is 18.2 Å². The van der Waals surface area contributed by atoms with Gasteiger partial charge in [-0.25, -0.2) is 8.93 Å². The Balaban J connectivity index is 2.60. The van der Waals surface area contributed by atoms with E-state index in [2.05, 4.69) is 5.32 Å². The fraction of sp³-hybridized carbons (Fsp3) is 0.462. The molecule has 0 unspecified atom stereocenters. The number of benzene rings is 1. The molecule has 0 bridgehead atoms. The minimum atomic E-state index is -4.93. The van der Waals surface area contributed by atoms with Crippen LogP contribution in [0, 0.1) is 0 Å². The van der Waals surface area contributed by atoms with Crippen LogP contribution in [0.15, 0.2) is 24.3 Å². The van der Waals surface area contributed by atoms with Gasteiger partial charge in [0.1, 0.15) is 0 Å². The van der Waals surface area contributed by atoms with Crippen LogP contribution in [0.25, 0.3) is 0 Å². The molecule has 1 aromatic carbocycles. The van der Waals surface area contributed by atoms with Crippen LogP contribution in [-0.4, -0.2) is 21.0 Å². The third-order valence-electron chi connectivity index (χ3n) is 3.15. The van der Waals surface area contributed by atoms with E-state index >= 15 is 0 Å². The van der Waals surface area contributed by atoms with E-state index in [9.17, 15) is 22.2 Å². The van der Waals surface area contributed by atoms with E-state index in [0.29, 0.717) is 0 Å². The minimum absolute atomic E-state index is 0.0678. The van der Waals surface area contributed by atoms with Gasteiger partial charge in [0.15, 0.2) is 0 Å². The number of alkyl halides is 3. The van der Waals surface area contributed by atoms with E-state index < -0.39 is 33.4 Å². The second kappa shape index (κ2) is 4.81. The highest BCUT2D eigenvalue weighted by Gasteiger charge is 2.66. The first-order chi connectivity index (χ1) is 9.50. The average molecular weight is 320 g/mol. The quantitative estimate of drug-likeness (QED) is 0.879. The molecule has 1 aromatic rings. The Labute approximate surface area is 122 Å². The van der Waals surface area contributed by atoms with Crippen LogP contribution in [0.3, 0.4) is 0 Å². The van der Waals surface area contributed by atoms with Crippen molar-refractivity contribution in [2.45, 2.75) is 37.2 Å². The van der Waals surface area contributed by atoms with Gasteiger partial charge in [-0.15, -0.1) is 0 Å². The number of hydrogen-bond donors (Lipinski definition) is 2. The number of hydrogen-bond acceptors (Lipinski definition) is 2. The summed E-state index contributed by atoms with van der Waals surface area (Å²) in [5.41, 5.74) is -3.19. The summed E-state index contributed by atoms with van der Waals surface area (Å²) in [6, 6.07) is 5.50. The molecule has 0 saturated heterocycles. The Hall–Kier alpha value is -1.41. The number of halogens is 3. The predicted octanol–water partition coefficient (Wildman–Crippen LogP) is 2.45. The summed E-state index contributed by atoms with van der Waals surface area (Å²) in [4.78, 5) is 12.0. The van der Waals surface area contributed by atoms with Gasteiger partial charge in [-0.2, -0.15) is 13.2 Å². The molecule has 2 atom stereocenters. The molecule has 4 nitrogen and oxygen atoms in total. The summed E-state index contributed by atoms with van der Waals surface area (Å²) in [6.07, 6.45) is -4.93. The minimum Gasteiger partial charge on any atom is -0.323 e. The monoisotopic (exact) mass is 320 g/mol. The standard InChI is InChI=1S/C13H15F3N2O2S/c1-11(2,3)21(20)18-12(13(14,15)16)8-6-4-5-7-9(8)17-10(12)19/h4-7,18H,1-3H3,(H,17,19)/t12-,21-/m1/s1. The van der Waals surface area contributed by atoms with Gasteiger partial charge in [0.05, 0.1) is 15.7 Å². The van der Waals surface area contributed by atoms with E-state index in [-0.39, 0.29) is 11.3 Å². The normalized spacial score (nSPS) is 23.6. The number of amides is 1. The summed E-state index contributed by atoms with van der Waals surface area (Å²) in [7, 11) is -2.07. The first kappa shape index (κ1) is 16.0. The Kier molecular flexibility index (Phi) is 3.66. The highest BCUT2D eigenvalue weighted by atomic mass is 32.2. The van der Waals surface area contributed by atoms with Crippen molar-refractivity contribution >= 4 is 22.6 Å². The number of nitrogens with one attached hydrogen (secondary N) is 2. The molecule has 1 aliphatic rings. The molecule has 0 aromatic heterocycles. The van der Waals surface area contributed by atoms with Crippen molar-refractivity contribution < 1.29 is 22.2 Å². The first-order valence-electron chi connectivity index (χ1n) is 6.17. The van der Waals surface area contributed by atoms with Gasteiger partial charge in [0.2, 0.25) is 5.54 Å². The van der Waals surface area contributed by atoms with Gasteiger partial charge < -0.3 is 5.32 Å². The van der Waals surface area contributed by atoms with Crippen molar-refractivity contribution in [1.29, 1.82) is 0 Å². The van der Waals surface area contributed by atoms with Crippen molar-refractivity contribution in [1.82, 2.24) is 4.72 Å². The number of rotatable bonds is 2. The maximum absolute atomic E-state index is 13.6. The van der Waals surface area contributed by atoms with E-state index in [0.717, 1.165) is 0 Å². The third kappa shape index (κ3) is 2.46. The first-order valence-corrected chi connectivity index (χ1v) is 7.32. The Morgan fingerprint density at radius 3 is 2.29 bits per heavy atom. The molecule has 0 saturated carbocycles. The number of carbonyl (C=O) groups excluding carboxylic acids is 1. The molecule has 2 N–H and O–H groups in total. The SMILES string of the molecule is CC(C)(C)[S@@](=O)N[C@@]1(C(F)(F)F)C(=O)Nc2ccccc21. The largest absolute Gasteiger partial charge is 0.420 e. The van der Waals surface area contributed by atoms with Crippen molar-refractivity contribution in [3.05, 3.63) is 29.8 Å². The van der Waals surface area contributed by atoms with Crippen LogP contribution >= 0.6 is 0 Å². The molecule has 8 heteroatoms. The molecule has 2 rings (SSSR count). The molecule has 21 heavy (non-hydrogen) atoms. The second-order valence-electron chi connectivity index (χ2n) is 5.73.